The first-order valence-electron chi connectivity index (χ1n) is 4.93. The first-order chi connectivity index (χ1) is 7.47. The van der Waals surface area contributed by atoms with E-state index in [1.807, 2.05) is 37.3 Å². The van der Waals surface area contributed by atoms with Crippen LogP contribution in [-0.2, 0) is 10.0 Å². The third kappa shape index (κ3) is 2.17. The first-order valence-corrected chi connectivity index (χ1v) is 6.83. The van der Waals surface area contributed by atoms with Crippen LogP contribution in [0.15, 0.2) is 36.4 Å². The van der Waals surface area contributed by atoms with Gasteiger partial charge in [0.25, 0.3) is 0 Å². The first kappa shape index (κ1) is 11.0. The van der Waals surface area contributed by atoms with Gasteiger partial charge in [-0.2, -0.15) is 0 Å². The van der Waals surface area contributed by atoms with Crippen molar-refractivity contribution in [2.24, 2.45) is 0 Å². The molecule has 0 saturated carbocycles. The maximum absolute atomic E-state index is 11.2. The van der Waals surface area contributed by atoms with E-state index in [0.717, 1.165) is 22.6 Å². The van der Waals surface area contributed by atoms with Crippen LogP contribution in [-0.4, -0.2) is 14.7 Å². The zero-order valence-corrected chi connectivity index (χ0v) is 10.0. The fraction of sp³-hybridized carbons (Fsp3) is 0.167. The van der Waals surface area contributed by atoms with Gasteiger partial charge in [0.2, 0.25) is 10.0 Å². The maximum atomic E-state index is 11.2. The van der Waals surface area contributed by atoms with Crippen molar-refractivity contribution in [3.8, 4) is 0 Å². The predicted octanol–water partition coefficient (Wildman–Crippen LogP) is 2.52. The molecule has 2 rings (SSSR count). The number of rotatable bonds is 2. The summed E-state index contributed by atoms with van der Waals surface area (Å²) in [4.78, 5) is 0. The van der Waals surface area contributed by atoms with Crippen LogP contribution in [0.3, 0.4) is 0 Å². The van der Waals surface area contributed by atoms with Gasteiger partial charge < -0.3 is 0 Å². The minimum atomic E-state index is -3.23. The Balaban J connectivity index is 2.68. The van der Waals surface area contributed by atoms with E-state index in [2.05, 4.69) is 4.72 Å². The zero-order valence-electron chi connectivity index (χ0n) is 9.19. The van der Waals surface area contributed by atoms with Crippen LogP contribution < -0.4 is 4.72 Å². The summed E-state index contributed by atoms with van der Waals surface area (Å²) in [6.07, 6.45) is 1.15. The predicted molar refractivity (Wildman–Crippen MR) is 67.2 cm³/mol. The molecule has 0 fully saturated rings. The summed E-state index contributed by atoms with van der Waals surface area (Å²) in [5.41, 5.74) is 1.76. The minimum Gasteiger partial charge on any atom is -0.283 e. The molecule has 0 aromatic heterocycles. The topological polar surface area (TPSA) is 46.2 Å². The fourth-order valence-electron chi connectivity index (χ4n) is 1.74. The molecular weight excluding hydrogens is 222 g/mol. The summed E-state index contributed by atoms with van der Waals surface area (Å²) in [6.45, 7) is 2.01. The highest BCUT2D eigenvalue weighted by atomic mass is 32.2. The second-order valence-corrected chi connectivity index (χ2v) is 5.60. The number of benzene rings is 2. The Morgan fingerprint density at radius 1 is 1.00 bits per heavy atom. The Kier molecular flexibility index (Phi) is 2.59. The van der Waals surface area contributed by atoms with Crippen LogP contribution >= 0.6 is 0 Å². The molecule has 2 aromatic carbocycles. The molecule has 0 aliphatic rings. The lowest BCUT2D eigenvalue weighted by atomic mass is 10.0. The van der Waals surface area contributed by atoms with Crippen LogP contribution in [0.1, 0.15) is 5.56 Å². The second-order valence-electron chi connectivity index (χ2n) is 3.85. The average molecular weight is 235 g/mol. The molecular formula is C12H13NO2S. The standard InChI is InChI=1S/C12H13NO2S/c1-9-7-8-12(13-16(2,14)15)11-6-4-3-5-10(9)11/h3-8,13H,1-2H3. The van der Waals surface area contributed by atoms with Gasteiger partial charge in [-0.25, -0.2) is 8.42 Å². The molecule has 1 N–H and O–H groups in total. The molecule has 16 heavy (non-hydrogen) atoms. The molecule has 0 bridgehead atoms. The van der Waals surface area contributed by atoms with Crippen molar-refractivity contribution in [3.63, 3.8) is 0 Å². The van der Waals surface area contributed by atoms with Gasteiger partial charge >= 0.3 is 0 Å². The highest BCUT2D eigenvalue weighted by Gasteiger charge is 2.06. The van der Waals surface area contributed by atoms with Gasteiger partial charge in [-0.1, -0.05) is 30.3 Å². The zero-order chi connectivity index (χ0) is 11.8. The molecule has 0 spiro atoms. The van der Waals surface area contributed by atoms with Gasteiger partial charge in [-0.05, 0) is 23.9 Å². The third-order valence-electron chi connectivity index (χ3n) is 2.44. The maximum Gasteiger partial charge on any atom is 0.229 e. The van der Waals surface area contributed by atoms with Gasteiger partial charge in [0, 0.05) is 5.39 Å². The smallest absolute Gasteiger partial charge is 0.229 e. The van der Waals surface area contributed by atoms with E-state index in [9.17, 15) is 8.42 Å². The van der Waals surface area contributed by atoms with Crippen molar-refractivity contribution in [3.05, 3.63) is 42.0 Å². The van der Waals surface area contributed by atoms with Gasteiger partial charge in [-0.3, -0.25) is 4.72 Å². The van der Waals surface area contributed by atoms with E-state index in [1.54, 1.807) is 6.07 Å². The summed E-state index contributed by atoms with van der Waals surface area (Å²) in [7, 11) is -3.23. The number of fused-ring (bicyclic) bond motifs is 1. The molecule has 0 saturated heterocycles. The number of sulfonamides is 1. The number of nitrogens with one attached hydrogen (secondary N) is 1. The van der Waals surface area contributed by atoms with Gasteiger partial charge in [0.05, 0.1) is 11.9 Å². The number of hydrogen-bond donors (Lipinski definition) is 1. The molecule has 0 heterocycles. The summed E-state index contributed by atoms with van der Waals surface area (Å²) in [5, 5.41) is 1.99. The Morgan fingerprint density at radius 2 is 1.62 bits per heavy atom. The van der Waals surface area contributed by atoms with E-state index in [-0.39, 0.29) is 0 Å². The van der Waals surface area contributed by atoms with Gasteiger partial charge in [0.1, 0.15) is 0 Å². The molecule has 0 unspecified atom stereocenters. The molecule has 84 valence electrons. The Bertz CT molecular complexity index is 633. The molecule has 0 aliphatic carbocycles. The summed E-state index contributed by atoms with van der Waals surface area (Å²) in [5.74, 6) is 0. The molecule has 0 amide bonds. The minimum absolute atomic E-state index is 0.628. The van der Waals surface area contributed by atoms with Crippen molar-refractivity contribution in [2.75, 3.05) is 11.0 Å². The van der Waals surface area contributed by atoms with Crippen molar-refractivity contribution in [1.82, 2.24) is 0 Å². The van der Waals surface area contributed by atoms with Crippen LogP contribution in [0, 0.1) is 6.92 Å². The molecule has 3 nitrogen and oxygen atoms in total. The summed E-state index contributed by atoms with van der Waals surface area (Å²) >= 11 is 0. The summed E-state index contributed by atoms with van der Waals surface area (Å²) in [6, 6.07) is 11.4. The van der Waals surface area contributed by atoms with Crippen molar-refractivity contribution in [2.45, 2.75) is 6.92 Å². The van der Waals surface area contributed by atoms with E-state index in [1.165, 1.54) is 0 Å². The second kappa shape index (κ2) is 3.79. The van der Waals surface area contributed by atoms with E-state index in [4.69, 9.17) is 0 Å². The Labute approximate surface area is 95.2 Å². The Hall–Kier alpha value is -1.55. The summed E-state index contributed by atoms with van der Waals surface area (Å²) < 4.78 is 25.0. The lowest BCUT2D eigenvalue weighted by Crippen LogP contribution is -2.09. The molecule has 2 aromatic rings. The van der Waals surface area contributed by atoms with Crippen molar-refractivity contribution in [1.29, 1.82) is 0 Å². The average Bonchev–Trinajstić information content (AvgIpc) is 2.21. The van der Waals surface area contributed by atoms with Crippen molar-refractivity contribution < 1.29 is 8.42 Å². The van der Waals surface area contributed by atoms with Crippen molar-refractivity contribution >= 4 is 26.5 Å². The Morgan fingerprint density at radius 3 is 2.25 bits per heavy atom. The molecule has 0 atom stereocenters. The van der Waals surface area contributed by atoms with Gasteiger partial charge in [0.15, 0.2) is 0 Å². The van der Waals surface area contributed by atoms with E-state index >= 15 is 0 Å². The molecule has 0 aliphatic heterocycles. The molecule has 0 radical (unpaired) electrons. The largest absolute Gasteiger partial charge is 0.283 e. The highest BCUT2D eigenvalue weighted by Crippen LogP contribution is 2.26. The lowest BCUT2D eigenvalue weighted by Gasteiger charge is -2.09. The van der Waals surface area contributed by atoms with E-state index < -0.39 is 10.0 Å². The van der Waals surface area contributed by atoms with E-state index in [0.29, 0.717) is 5.69 Å². The van der Waals surface area contributed by atoms with Crippen LogP contribution in [0.4, 0.5) is 5.69 Å². The fourth-order valence-corrected chi connectivity index (χ4v) is 2.32. The van der Waals surface area contributed by atoms with Gasteiger partial charge in [-0.15, -0.1) is 0 Å². The van der Waals surface area contributed by atoms with Crippen LogP contribution in [0.25, 0.3) is 10.8 Å². The number of anilines is 1. The monoisotopic (exact) mass is 235 g/mol. The highest BCUT2D eigenvalue weighted by molar-refractivity contribution is 7.92. The third-order valence-corrected chi connectivity index (χ3v) is 3.03. The van der Waals surface area contributed by atoms with Crippen LogP contribution in [0.5, 0.6) is 0 Å². The lowest BCUT2D eigenvalue weighted by molar-refractivity contribution is 0.607. The van der Waals surface area contributed by atoms with Crippen LogP contribution in [0.2, 0.25) is 0 Å². The quantitative estimate of drug-likeness (QED) is 0.869. The SMILES string of the molecule is Cc1ccc(NS(C)(=O)=O)c2ccccc12. The number of aryl methyl sites for hydroxylation is 1. The molecule has 4 heteroatoms. The number of hydrogen-bond acceptors (Lipinski definition) is 2. The normalized spacial score (nSPS) is 11.6.